The summed E-state index contributed by atoms with van der Waals surface area (Å²) in [6, 6.07) is 9.04. The summed E-state index contributed by atoms with van der Waals surface area (Å²) in [5.41, 5.74) is 1.84. The average Bonchev–Trinajstić information content (AvgIpc) is 2.88. The summed E-state index contributed by atoms with van der Waals surface area (Å²) in [5, 5.41) is 2.03. The first-order valence-corrected chi connectivity index (χ1v) is 13.2. The molecule has 3 aromatic rings. The van der Waals surface area contributed by atoms with Gasteiger partial charge >= 0.3 is 11.9 Å². The summed E-state index contributed by atoms with van der Waals surface area (Å²) in [7, 11) is 1.34. The molecule has 0 aliphatic heterocycles. The average molecular weight is 573 g/mol. The number of ether oxygens (including phenoxy) is 3. The molecule has 1 N–H and O–H groups in total. The third-order valence-electron chi connectivity index (χ3n) is 5.91. The molecule has 1 aromatic heterocycles. The minimum absolute atomic E-state index is 0.116. The Morgan fingerprint density at radius 1 is 0.975 bits per heavy atom. The van der Waals surface area contributed by atoms with Crippen LogP contribution in [0, 0.1) is 25.5 Å². The van der Waals surface area contributed by atoms with Gasteiger partial charge in [0.1, 0.15) is 23.8 Å². The first-order chi connectivity index (χ1) is 18.9. The maximum atomic E-state index is 13.9. The Kier molecular flexibility index (Phi) is 10.2. The van der Waals surface area contributed by atoms with Crippen LogP contribution in [-0.4, -0.2) is 42.1 Å². The van der Waals surface area contributed by atoms with Crippen molar-refractivity contribution in [1.82, 2.24) is 10.3 Å². The van der Waals surface area contributed by atoms with Gasteiger partial charge in [-0.05, 0) is 74.7 Å². The van der Waals surface area contributed by atoms with Gasteiger partial charge in [0.25, 0.3) is 5.91 Å². The first kappa shape index (κ1) is 30.6. The number of halogens is 2. The lowest BCUT2D eigenvalue weighted by Crippen LogP contribution is -2.41. The molecular formula is C29H30F2N2O6S. The fourth-order valence-electron chi connectivity index (χ4n) is 3.92. The van der Waals surface area contributed by atoms with Crippen LogP contribution in [0.25, 0.3) is 0 Å². The standard InChI is InChI=1S/C29H30F2N2O6S/c1-15-13-20(30)7-9-22(15)27(40-24-10-8-21(31)14-16(24)2)18(4)38-29(36)17(3)33-28(35)25-26(39-19(5)34)23(37-6)11-12-32-25/h7-14,17-18,27H,1-6H3,(H,33,35)/t17-,18-,27-/m0/s1. The summed E-state index contributed by atoms with van der Waals surface area (Å²) in [6.45, 7) is 7.82. The van der Waals surface area contributed by atoms with E-state index in [4.69, 9.17) is 14.2 Å². The zero-order valence-corrected chi connectivity index (χ0v) is 23.7. The topological polar surface area (TPSA) is 104 Å². The second kappa shape index (κ2) is 13.4. The van der Waals surface area contributed by atoms with Crippen molar-refractivity contribution in [1.29, 1.82) is 0 Å². The number of amides is 1. The predicted molar refractivity (Wildman–Crippen MR) is 145 cm³/mol. The van der Waals surface area contributed by atoms with Gasteiger partial charge in [0.2, 0.25) is 5.75 Å². The zero-order valence-electron chi connectivity index (χ0n) is 22.9. The molecule has 0 spiro atoms. The maximum Gasteiger partial charge on any atom is 0.328 e. The number of aryl methyl sites for hydroxylation is 2. The number of nitrogens with zero attached hydrogens (tertiary/aromatic N) is 1. The first-order valence-electron chi connectivity index (χ1n) is 12.3. The number of carbonyl (C=O) groups excluding carboxylic acids is 3. The van der Waals surface area contributed by atoms with Crippen molar-refractivity contribution in [2.24, 2.45) is 0 Å². The van der Waals surface area contributed by atoms with E-state index < -0.39 is 41.1 Å². The zero-order chi connectivity index (χ0) is 29.6. The molecule has 0 aliphatic carbocycles. The van der Waals surface area contributed by atoms with Crippen LogP contribution in [0.4, 0.5) is 8.78 Å². The molecule has 11 heteroatoms. The second-order valence-electron chi connectivity index (χ2n) is 9.07. The molecule has 212 valence electrons. The molecule has 0 saturated carbocycles. The van der Waals surface area contributed by atoms with Gasteiger partial charge in [-0.3, -0.25) is 9.59 Å². The van der Waals surface area contributed by atoms with Gasteiger partial charge in [-0.25, -0.2) is 18.6 Å². The van der Waals surface area contributed by atoms with E-state index in [1.54, 1.807) is 32.9 Å². The largest absolute Gasteiger partial charge is 0.493 e. The van der Waals surface area contributed by atoms with Crippen LogP contribution < -0.4 is 14.8 Å². The van der Waals surface area contributed by atoms with E-state index in [1.807, 2.05) is 0 Å². The number of carbonyl (C=O) groups is 3. The number of nitrogens with one attached hydrogen (secondary N) is 1. The number of esters is 2. The molecule has 8 nitrogen and oxygen atoms in total. The van der Waals surface area contributed by atoms with Crippen molar-refractivity contribution >= 4 is 29.6 Å². The quantitative estimate of drug-likeness (QED) is 0.251. The molecule has 0 saturated heterocycles. The van der Waals surface area contributed by atoms with Gasteiger partial charge in [-0.2, -0.15) is 0 Å². The molecule has 40 heavy (non-hydrogen) atoms. The molecule has 2 aromatic carbocycles. The summed E-state index contributed by atoms with van der Waals surface area (Å²) in [5.74, 6) is -3.04. The number of hydrogen-bond donors (Lipinski definition) is 1. The lowest BCUT2D eigenvalue weighted by Gasteiger charge is -2.27. The third-order valence-corrected chi connectivity index (χ3v) is 7.51. The van der Waals surface area contributed by atoms with Crippen molar-refractivity contribution < 1.29 is 37.4 Å². The fourth-order valence-corrected chi connectivity index (χ4v) is 5.22. The Morgan fingerprint density at radius 2 is 1.62 bits per heavy atom. The Balaban J connectivity index is 1.81. The fraction of sp³-hybridized carbons (Fsp3) is 0.310. The van der Waals surface area contributed by atoms with Crippen LogP contribution in [0.15, 0.2) is 53.6 Å². The third kappa shape index (κ3) is 7.56. The molecule has 0 unspecified atom stereocenters. The van der Waals surface area contributed by atoms with Crippen LogP contribution in [0.2, 0.25) is 0 Å². The number of pyridine rings is 1. The minimum Gasteiger partial charge on any atom is -0.493 e. The van der Waals surface area contributed by atoms with Crippen molar-refractivity contribution in [2.75, 3.05) is 7.11 Å². The van der Waals surface area contributed by atoms with E-state index in [0.717, 1.165) is 10.5 Å². The molecule has 3 rings (SSSR count). The molecule has 0 aliphatic rings. The van der Waals surface area contributed by atoms with E-state index in [2.05, 4.69) is 10.3 Å². The number of thioether (sulfide) groups is 1. The Bertz CT molecular complexity index is 1420. The number of methoxy groups -OCH3 is 1. The lowest BCUT2D eigenvalue weighted by molar-refractivity contribution is -0.150. The molecule has 1 amide bonds. The smallest absolute Gasteiger partial charge is 0.328 e. The number of benzene rings is 2. The number of rotatable bonds is 10. The van der Waals surface area contributed by atoms with Gasteiger partial charge in [-0.1, -0.05) is 6.07 Å². The Labute approximate surface area is 235 Å². The normalized spacial score (nSPS) is 13.1. The number of hydrogen-bond acceptors (Lipinski definition) is 8. The van der Waals surface area contributed by atoms with Crippen molar-refractivity contribution in [2.45, 2.75) is 56.9 Å². The van der Waals surface area contributed by atoms with Gasteiger partial charge in [-0.15, -0.1) is 11.8 Å². The van der Waals surface area contributed by atoms with Crippen LogP contribution in [-0.2, 0) is 14.3 Å². The van der Waals surface area contributed by atoms with Gasteiger partial charge in [0.05, 0.1) is 12.4 Å². The van der Waals surface area contributed by atoms with E-state index in [0.29, 0.717) is 11.1 Å². The second-order valence-corrected chi connectivity index (χ2v) is 10.3. The highest BCUT2D eigenvalue weighted by Gasteiger charge is 2.30. The van der Waals surface area contributed by atoms with E-state index in [1.165, 1.54) is 69.2 Å². The van der Waals surface area contributed by atoms with Crippen molar-refractivity contribution in [3.63, 3.8) is 0 Å². The SMILES string of the molecule is COc1ccnc(C(=O)N[C@@H](C)C(=O)O[C@@H](C)[C@H](Sc2ccc(F)cc2C)c2ccc(F)cc2C)c1OC(C)=O. The molecule has 0 fully saturated rings. The summed E-state index contributed by atoms with van der Waals surface area (Å²) in [4.78, 5) is 42.3. The van der Waals surface area contributed by atoms with E-state index >= 15 is 0 Å². The highest BCUT2D eigenvalue weighted by atomic mass is 32.2. The van der Waals surface area contributed by atoms with Crippen LogP contribution in [0.1, 0.15) is 53.2 Å². The monoisotopic (exact) mass is 572 g/mol. The minimum atomic E-state index is -1.11. The highest BCUT2D eigenvalue weighted by molar-refractivity contribution is 7.99. The molecule has 0 radical (unpaired) electrons. The van der Waals surface area contributed by atoms with E-state index in [-0.39, 0.29) is 23.0 Å². The predicted octanol–water partition coefficient (Wildman–Crippen LogP) is 5.49. The maximum absolute atomic E-state index is 13.9. The van der Waals surface area contributed by atoms with Crippen LogP contribution in [0.5, 0.6) is 11.5 Å². The van der Waals surface area contributed by atoms with Crippen LogP contribution >= 0.6 is 11.8 Å². The summed E-state index contributed by atoms with van der Waals surface area (Å²) in [6.07, 6.45) is 0.563. The molecule has 0 bridgehead atoms. The van der Waals surface area contributed by atoms with Crippen LogP contribution in [0.3, 0.4) is 0 Å². The highest BCUT2D eigenvalue weighted by Crippen LogP contribution is 2.42. The molecule has 1 heterocycles. The van der Waals surface area contributed by atoms with Crippen molar-refractivity contribution in [3.05, 3.63) is 82.7 Å². The Morgan fingerprint density at radius 3 is 2.23 bits per heavy atom. The Hall–Kier alpha value is -3.99. The number of aromatic nitrogens is 1. The van der Waals surface area contributed by atoms with Gasteiger partial charge in [0, 0.05) is 24.1 Å². The summed E-state index contributed by atoms with van der Waals surface area (Å²) < 4.78 is 43.6. The molecule has 3 atom stereocenters. The van der Waals surface area contributed by atoms with Gasteiger partial charge < -0.3 is 19.5 Å². The molecular weight excluding hydrogens is 542 g/mol. The van der Waals surface area contributed by atoms with Crippen molar-refractivity contribution in [3.8, 4) is 11.5 Å². The summed E-state index contributed by atoms with van der Waals surface area (Å²) >= 11 is 1.36. The van der Waals surface area contributed by atoms with E-state index in [9.17, 15) is 23.2 Å². The van der Waals surface area contributed by atoms with Gasteiger partial charge in [0.15, 0.2) is 11.4 Å². The lowest BCUT2D eigenvalue weighted by atomic mass is 10.0.